The molecule has 0 saturated heterocycles. The Labute approximate surface area is 161 Å². The van der Waals surface area contributed by atoms with E-state index in [-0.39, 0.29) is 18.4 Å². The number of benzene rings is 2. The van der Waals surface area contributed by atoms with Gasteiger partial charge in [-0.2, -0.15) is 0 Å². The monoisotopic (exact) mass is 375 g/mol. The minimum absolute atomic E-state index is 0.247. The Morgan fingerprint density at radius 2 is 1.82 bits per heavy atom. The molecule has 28 heavy (non-hydrogen) atoms. The molecule has 0 spiro atoms. The van der Waals surface area contributed by atoms with Gasteiger partial charge in [-0.25, -0.2) is 4.98 Å². The molecule has 4 N–H and O–H groups in total. The molecule has 2 heterocycles. The average molecular weight is 375 g/mol. The number of fused-ring (bicyclic) bond motifs is 2. The number of rotatable bonds is 6. The lowest BCUT2D eigenvalue weighted by atomic mass is 10.0. The highest BCUT2D eigenvalue weighted by Crippen LogP contribution is 2.19. The van der Waals surface area contributed by atoms with Gasteiger partial charge in [0.05, 0.1) is 17.6 Å². The lowest BCUT2D eigenvalue weighted by molar-refractivity contribution is -0.128. The van der Waals surface area contributed by atoms with Crippen LogP contribution in [-0.4, -0.2) is 32.8 Å². The van der Waals surface area contributed by atoms with Gasteiger partial charge in [0, 0.05) is 30.4 Å². The molecule has 0 bridgehead atoms. The third-order valence-electron chi connectivity index (χ3n) is 4.66. The number of hydrogen-bond acceptors (Lipinski definition) is 3. The number of nitrogens with one attached hydrogen (secondary N) is 4. The highest BCUT2D eigenvalue weighted by Gasteiger charge is 2.21. The highest BCUT2D eigenvalue weighted by atomic mass is 16.2. The van der Waals surface area contributed by atoms with E-state index in [0.717, 1.165) is 27.5 Å². The van der Waals surface area contributed by atoms with E-state index in [1.165, 1.54) is 6.92 Å². The van der Waals surface area contributed by atoms with E-state index in [2.05, 4.69) is 25.6 Å². The first kappa shape index (κ1) is 17.8. The summed E-state index contributed by atoms with van der Waals surface area (Å²) in [6.07, 6.45) is 2.28. The largest absolute Gasteiger partial charge is 0.361 e. The number of carbonyl (C=O) groups is 2. The Morgan fingerprint density at radius 3 is 2.61 bits per heavy atom. The Hall–Kier alpha value is -3.61. The molecule has 2 aromatic carbocycles. The lowest BCUT2D eigenvalue weighted by Crippen LogP contribution is -2.47. The zero-order chi connectivity index (χ0) is 19.5. The first-order chi connectivity index (χ1) is 13.6. The lowest BCUT2D eigenvalue weighted by Gasteiger charge is -2.17. The average Bonchev–Trinajstić information content (AvgIpc) is 3.29. The third-order valence-corrected chi connectivity index (χ3v) is 4.66. The molecule has 0 fully saturated rings. The summed E-state index contributed by atoms with van der Waals surface area (Å²) in [5, 5.41) is 6.66. The van der Waals surface area contributed by atoms with Gasteiger partial charge >= 0.3 is 0 Å². The maximum Gasteiger partial charge on any atom is 0.243 e. The summed E-state index contributed by atoms with van der Waals surface area (Å²) in [5.41, 5.74) is 3.75. The van der Waals surface area contributed by atoms with Crippen LogP contribution in [0.4, 0.5) is 0 Å². The summed E-state index contributed by atoms with van der Waals surface area (Å²) in [6, 6.07) is 14.9. The Bertz CT molecular complexity index is 1110. The van der Waals surface area contributed by atoms with Crippen LogP contribution in [-0.2, 0) is 22.6 Å². The number of amides is 2. The van der Waals surface area contributed by atoms with Crippen LogP contribution in [0.2, 0.25) is 0 Å². The van der Waals surface area contributed by atoms with E-state index in [0.29, 0.717) is 12.2 Å². The molecular formula is C21H21N5O2. The number of imidazole rings is 1. The van der Waals surface area contributed by atoms with Crippen LogP contribution in [0.15, 0.2) is 54.7 Å². The van der Waals surface area contributed by atoms with Crippen LogP contribution in [0.1, 0.15) is 18.3 Å². The fraction of sp³-hybridized carbons (Fsp3) is 0.190. The van der Waals surface area contributed by atoms with Gasteiger partial charge in [0.1, 0.15) is 11.9 Å². The highest BCUT2D eigenvalue weighted by molar-refractivity contribution is 5.89. The Morgan fingerprint density at radius 1 is 1.07 bits per heavy atom. The predicted octanol–water partition coefficient (Wildman–Crippen LogP) is 2.41. The van der Waals surface area contributed by atoms with Crippen LogP contribution in [0, 0.1) is 0 Å². The minimum atomic E-state index is -0.666. The van der Waals surface area contributed by atoms with Crippen molar-refractivity contribution in [1.29, 1.82) is 0 Å². The maximum atomic E-state index is 12.8. The van der Waals surface area contributed by atoms with Crippen molar-refractivity contribution in [2.75, 3.05) is 0 Å². The molecular weight excluding hydrogens is 354 g/mol. The molecule has 4 rings (SSSR count). The van der Waals surface area contributed by atoms with Gasteiger partial charge in [-0.15, -0.1) is 0 Å². The number of aromatic amines is 2. The standard InChI is InChI=1S/C21H21N5O2/c1-13(27)24-19(10-14-11-22-16-7-3-2-6-15(14)16)21(28)23-12-20-25-17-8-4-5-9-18(17)26-20/h2-9,11,19,22H,10,12H2,1H3,(H,23,28)(H,24,27)(H,25,26). The first-order valence-electron chi connectivity index (χ1n) is 9.13. The molecule has 4 aromatic rings. The number of para-hydroxylation sites is 3. The van der Waals surface area contributed by atoms with Gasteiger partial charge in [0.15, 0.2) is 0 Å². The van der Waals surface area contributed by atoms with Crippen molar-refractivity contribution in [3.05, 3.63) is 66.1 Å². The zero-order valence-corrected chi connectivity index (χ0v) is 15.5. The van der Waals surface area contributed by atoms with E-state index >= 15 is 0 Å². The molecule has 1 unspecified atom stereocenters. The number of aromatic nitrogens is 3. The molecule has 0 aliphatic rings. The van der Waals surface area contributed by atoms with Gasteiger partial charge in [0.25, 0.3) is 0 Å². The summed E-state index contributed by atoms with van der Waals surface area (Å²) in [4.78, 5) is 35.2. The number of hydrogen-bond donors (Lipinski definition) is 4. The summed E-state index contributed by atoms with van der Waals surface area (Å²) in [6.45, 7) is 1.67. The topological polar surface area (TPSA) is 103 Å². The molecule has 142 valence electrons. The van der Waals surface area contributed by atoms with Crippen LogP contribution in [0.25, 0.3) is 21.9 Å². The molecule has 0 aliphatic heterocycles. The van der Waals surface area contributed by atoms with Gasteiger partial charge in [-0.3, -0.25) is 9.59 Å². The molecule has 2 aromatic heterocycles. The van der Waals surface area contributed by atoms with Crippen LogP contribution < -0.4 is 10.6 Å². The molecule has 7 heteroatoms. The van der Waals surface area contributed by atoms with Crippen LogP contribution >= 0.6 is 0 Å². The van der Waals surface area contributed by atoms with Crippen molar-refractivity contribution in [2.24, 2.45) is 0 Å². The molecule has 1 atom stereocenters. The van der Waals surface area contributed by atoms with E-state index in [1.807, 2.05) is 54.7 Å². The molecule has 0 aliphatic carbocycles. The number of carbonyl (C=O) groups excluding carboxylic acids is 2. The van der Waals surface area contributed by atoms with Gasteiger partial charge in [-0.1, -0.05) is 30.3 Å². The number of nitrogens with zero attached hydrogens (tertiary/aromatic N) is 1. The van der Waals surface area contributed by atoms with E-state index in [1.54, 1.807) is 0 Å². The second-order valence-electron chi connectivity index (χ2n) is 6.74. The van der Waals surface area contributed by atoms with Crippen molar-refractivity contribution >= 4 is 33.8 Å². The van der Waals surface area contributed by atoms with Crippen molar-refractivity contribution in [3.63, 3.8) is 0 Å². The summed E-state index contributed by atoms with van der Waals surface area (Å²) in [5.74, 6) is 0.174. The third kappa shape index (κ3) is 3.73. The van der Waals surface area contributed by atoms with Crippen molar-refractivity contribution in [2.45, 2.75) is 25.9 Å². The van der Waals surface area contributed by atoms with Gasteiger partial charge < -0.3 is 20.6 Å². The Kier molecular flexibility index (Phi) is 4.80. The van der Waals surface area contributed by atoms with Gasteiger partial charge in [0.2, 0.25) is 11.8 Å². The van der Waals surface area contributed by atoms with Gasteiger partial charge in [-0.05, 0) is 23.8 Å². The zero-order valence-electron chi connectivity index (χ0n) is 15.5. The molecule has 2 amide bonds. The normalized spacial score (nSPS) is 12.2. The second kappa shape index (κ2) is 7.56. The molecule has 0 radical (unpaired) electrons. The van der Waals surface area contributed by atoms with Crippen molar-refractivity contribution in [3.8, 4) is 0 Å². The van der Waals surface area contributed by atoms with E-state index < -0.39 is 6.04 Å². The fourth-order valence-corrected chi connectivity index (χ4v) is 3.36. The number of H-pyrrole nitrogens is 2. The minimum Gasteiger partial charge on any atom is -0.361 e. The second-order valence-corrected chi connectivity index (χ2v) is 6.74. The maximum absolute atomic E-state index is 12.8. The predicted molar refractivity (Wildman–Crippen MR) is 108 cm³/mol. The van der Waals surface area contributed by atoms with E-state index in [9.17, 15) is 9.59 Å². The quantitative estimate of drug-likeness (QED) is 0.416. The van der Waals surface area contributed by atoms with Crippen LogP contribution in [0.5, 0.6) is 0 Å². The summed E-state index contributed by atoms with van der Waals surface area (Å²) < 4.78 is 0. The molecule has 0 saturated carbocycles. The van der Waals surface area contributed by atoms with E-state index in [4.69, 9.17) is 0 Å². The van der Waals surface area contributed by atoms with Crippen molar-refractivity contribution in [1.82, 2.24) is 25.6 Å². The first-order valence-corrected chi connectivity index (χ1v) is 9.13. The summed E-state index contributed by atoms with van der Waals surface area (Å²) in [7, 11) is 0. The summed E-state index contributed by atoms with van der Waals surface area (Å²) >= 11 is 0. The van der Waals surface area contributed by atoms with Crippen LogP contribution in [0.3, 0.4) is 0 Å². The SMILES string of the molecule is CC(=O)NC(Cc1c[nH]c2ccccc12)C(=O)NCc1nc2ccccc2[nH]1. The molecule has 7 nitrogen and oxygen atoms in total. The fourth-order valence-electron chi connectivity index (χ4n) is 3.36. The Balaban J connectivity index is 1.48. The smallest absolute Gasteiger partial charge is 0.243 e. The van der Waals surface area contributed by atoms with Crippen molar-refractivity contribution < 1.29 is 9.59 Å².